The summed E-state index contributed by atoms with van der Waals surface area (Å²) < 4.78 is 5.16. The van der Waals surface area contributed by atoms with Crippen molar-refractivity contribution in [1.82, 2.24) is 15.1 Å². The number of hydrogen-bond donors (Lipinski definition) is 1. The highest BCUT2D eigenvalue weighted by molar-refractivity contribution is 5.91. The predicted molar refractivity (Wildman–Crippen MR) is 94.1 cm³/mol. The van der Waals surface area contributed by atoms with E-state index in [1.165, 1.54) is 6.26 Å². The van der Waals surface area contributed by atoms with Crippen molar-refractivity contribution in [2.24, 2.45) is 0 Å². The quantitative estimate of drug-likeness (QED) is 0.902. The number of amides is 2. The number of carbonyl (C=O) groups excluding carboxylic acids is 2. The summed E-state index contributed by atoms with van der Waals surface area (Å²) in [7, 11) is 0. The van der Waals surface area contributed by atoms with Gasteiger partial charge in [0.1, 0.15) is 0 Å². The minimum absolute atomic E-state index is 0.00200. The fraction of sp³-hybridized carbons (Fsp3) is 0.368. The van der Waals surface area contributed by atoms with E-state index in [-0.39, 0.29) is 17.9 Å². The van der Waals surface area contributed by atoms with E-state index in [1.807, 2.05) is 37.3 Å². The first-order chi connectivity index (χ1) is 12.1. The van der Waals surface area contributed by atoms with Gasteiger partial charge in [-0.25, -0.2) is 0 Å². The van der Waals surface area contributed by atoms with E-state index in [9.17, 15) is 9.59 Å². The molecule has 1 atom stereocenters. The number of rotatable bonds is 5. The summed E-state index contributed by atoms with van der Waals surface area (Å²) in [6, 6.07) is 13.3. The smallest absolute Gasteiger partial charge is 0.289 e. The second-order valence-electron chi connectivity index (χ2n) is 6.25. The maximum absolute atomic E-state index is 12.2. The summed E-state index contributed by atoms with van der Waals surface area (Å²) in [6.45, 7) is 4.88. The Balaban J connectivity index is 1.44. The summed E-state index contributed by atoms with van der Waals surface area (Å²) in [6.07, 6.45) is 1.50. The first-order valence-corrected chi connectivity index (χ1v) is 8.53. The Morgan fingerprint density at radius 1 is 1.08 bits per heavy atom. The van der Waals surface area contributed by atoms with Crippen LogP contribution in [0.2, 0.25) is 0 Å². The lowest BCUT2D eigenvalue weighted by atomic mass is 10.1. The molecule has 0 unspecified atom stereocenters. The molecule has 0 radical (unpaired) electrons. The van der Waals surface area contributed by atoms with Crippen LogP contribution in [-0.4, -0.2) is 54.3 Å². The van der Waals surface area contributed by atoms with E-state index >= 15 is 0 Å². The Morgan fingerprint density at radius 3 is 2.44 bits per heavy atom. The Bertz CT molecular complexity index is 692. The van der Waals surface area contributed by atoms with Gasteiger partial charge in [-0.3, -0.25) is 14.5 Å². The van der Waals surface area contributed by atoms with Crippen LogP contribution < -0.4 is 5.32 Å². The van der Waals surface area contributed by atoms with Gasteiger partial charge in [-0.2, -0.15) is 0 Å². The van der Waals surface area contributed by atoms with Gasteiger partial charge in [0.05, 0.1) is 18.8 Å². The first kappa shape index (κ1) is 17.2. The van der Waals surface area contributed by atoms with Crippen LogP contribution in [0.25, 0.3) is 0 Å². The maximum atomic E-state index is 12.2. The van der Waals surface area contributed by atoms with Crippen molar-refractivity contribution in [2.75, 3.05) is 32.7 Å². The Kier molecular flexibility index (Phi) is 5.50. The molecule has 6 heteroatoms. The van der Waals surface area contributed by atoms with Gasteiger partial charge in [0.25, 0.3) is 5.91 Å². The number of hydrogen-bond acceptors (Lipinski definition) is 4. The van der Waals surface area contributed by atoms with Crippen molar-refractivity contribution in [3.63, 3.8) is 0 Å². The number of benzene rings is 1. The molecule has 2 heterocycles. The molecule has 1 saturated heterocycles. The van der Waals surface area contributed by atoms with Crippen LogP contribution in [0.5, 0.6) is 0 Å². The van der Waals surface area contributed by atoms with E-state index in [4.69, 9.17) is 4.42 Å². The fourth-order valence-corrected chi connectivity index (χ4v) is 2.98. The standard InChI is InChI=1S/C19H23N3O3/c1-15(16-6-3-2-4-7-16)20-18(23)14-21-9-11-22(12-10-21)19(24)17-8-5-13-25-17/h2-8,13,15H,9-12,14H2,1H3,(H,20,23)/t15-/m0/s1. The molecule has 25 heavy (non-hydrogen) atoms. The zero-order valence-electron chi connectivity index (χ0n) is 14.4. The lowest BCUT2D eigenvalue weighted by Crippen LogP contribution is -2.51. The minimum atomic E-state index is -0.0909. The number of piperazine rings is 1. The maximum Gasteiger partial charge on any atom is 0.289 e. The molecule has 0 aliphatic carbocycles. The van der Waals surface area contributed by atoms with Crippen LogP contribution in [-0.2, 0) is 4.79 Å². The largest absolute Gasteiger partial charge is 0.459 e. The fourth-order valence-electron chi connectivity index (χ4n) is 2.98. The SMILES string of the molecule is C[C@H](NC(=O)CN1CCN(C(=O)c2ccco2)CC1)c1ccccc1. The lowest BCUT2D eigenvalue weighted by molar-refractivity contribution is -0.123. The van der Waals surface area contributed by atoms with Crippen molar-refractivity contribution in [2.45, 2.75) is 13.0 Å². The molecule has 1 fully saturated rings. The van der Waals surface area contributed by atoms with Crippen LogP contribution in [0.1, 0.15) is 29.1 Å². The van der Waals surface area contributed by atoms with Gasteiger partial charge >= 0.3 is 0 Å². The van der Waals surface area contributed by atoms with Crippen molar-refractivity contribution >= 4 is 11.8 Å². The third-order valence-corrected chi connectivity index (χ3v) is 4.44. The summed E-state index contributed by atoms with van der Waals surface area (Å²) >= 11 is 0. The average Bonchev–Trinajstić information content (AvgIpc) is 3.17. The van der Waals surface area contributed by atoms with E-state index in [0.29, 0.717) is 38.5 Å². The number of nitrogens with one attached hydrogen (secondary N) is 1. The van der Waals surface area contributed by atoms with Crippen LogP contribution in [0.15, 0.2) is 53.1 Å². The molecule has 1 N–H and O–H groups in total. The monoisotopic (exact) mass is 341 g/mol. The second-order valence-corrected chi connectivity index (χ2v) is 6.25. The van der Waals surface area contributed by atoms with Crippen molar-refractivity contribution in [3.05, 3.63) is 60.1 Å². The molecule has 2 aromatic rings. The third kappa shape index (κ3) is 4.48. The zero-order valence-corrected chi connectivity index (χ0v) is 14.4. The number of carbonyl (C=O) groups is 2. The van der Waals surface area contributed by atoms with Crippen LogP contribution in [0.4, 0.5) is 0 Å². The van der Waals surface area contributed by atoms with Gasteiger partial charge in [-0.1, -0.05) is 30.3 Å². The second kappa shape index (κ2) is 7.98. The molecule has 1 aliphatic heterocycles. The van der Waals surface area contributed by atoms with Crippen molar-refractivity contribution < 1.29 is 14.0 Å². The summed E-state index contributed by atoms with van der Waals surface area (Å²) in [5.74, 6) is 0.275. The average molecular weight is 341 g/mol. The molecule has 1 aromatic carbocycles. The molecule has 0 spiro atoms. The topological polar surface area (TPSA) is 65.8 Å². The third-order valence-electron chi connectivity index (χ3n) is 4.44. The molecule has 0 bridgehead atoms. The molecule has 1 aromatic heterocycles. The molecular formula is C19H23N3O3. The highest BCUT2D eigenvalue weighted by Crippen LogP contribution is 2.12. The van der Waals surface area contributed by atoms with Gasteiger partial charge < -0.3 is 14.6 Å². The normalized spacial score (nSPS) is 16.4. The number of furan rings is 1. The van der Waals surface area contributed by atoms with E-state index in [1.54, 1.807) is 17.0 Å². The van der Waals surface area contributed by atoms with Crippen molar-refractivity contribution in [1.29, 1.82) is 0 Å². The molecule has 2 amide bonds. The highest BCUT2D eigenvalue weighted by Gasteiger charge is 2.24. The lowest BCUT2D eigenvalue weighted by Gasteiger charge is -2.34. The molecule has 6 nitrogen and oxygen atoms in total. The summed E-state index contributed by atoms with van der Waals surface area (Å²) in [5, 5.41) is 3.02. The van der Waals surface area contributed by atoms with Gasteiger partial charge in [-0.05, 0) is 24.6 Å². The summed E-state index contributed by atoms with van der Waals surface area (Å²) in [4.78, 5) is 28.3. The first-order valence-electron chi connectivity index (χ1n) is 8.53. The van der Waals surface area contributed by atoms with Crippen molar-refractivity contribution in [3.8, 4) is 0 Å². The van der Waals surface area contributed by atoms with Crippen LogP contribution >= 0.6 is 0 Å². The van der Waals surface area contributed by atoms with Gasteiger partial charge in [0, 0.05) is 26.2 Å². The van der Waals surface area contributed by atoms with Gasteiger partial charge in [0.15, 0.2) is 5.76 Å². The van der Waals surface area contributed by atoms with E-state index in [0.717, 1.165) is 5.56 Å². The molecule has 1 aliphatic rings. The van der Waals surface area contributed by atoms with Gasteiger partial charge in [0.2, 0.25) is 5.91 Å². The molecule has 132 valence electrons. The van der Waals surface area contributed by atoms with E-state index in [2.05, 4.69) is 10.2 Å². The van der Waals surface area contributed by atoms with E-state index < -0.39 is 0 Å². The van der Waals surface area contributed by atoms with Crippen LogP contribution in [0.3, 0.4) is 0 Å². The molecule has 0 saturated carbocycles. The minimum Gasteiger partial charge on any atom is -0.459 e. The highest BCUT2D eigenvalue weighted by atomic mass is 16.3. The Morgan fingerprint density at radius 2 is 1.80 bits per heavy atom. The zero-order chi connectivity index (χ0) is 17.6. The molecule has 3 rings (SSSR count). The number of nitrogens with zero attached hydrogens (tertiary/aromatic N) is 2. The Labute approximate surface area is 147 Å². The predicted octanol–water partition coefficient (Wildman–Crippen LogP) is 1.91. The Hall–Kier alpha value is -2.60. The van der Waals surface area contributed by atoms with Crippen LogP contribution in [0, 0.1) is 0 Å². The molecular weight excluding hydrogens is 318 g/mol. The summed E-state index contributed by atoms with van der Waals surface area (Å²) in [5.41, 5.74) is 1.09. The van der Waals surface area contributed by atoms with Gasteiger partial charge in [-0.15, -0.1) is 0 Å².